The number of allylic oxidation sites excluding steroid dienone is 4. The van der Waals surface area contributed by atoms with E-state index in [1.807, 2.05) is 13.0 Å². The molecular formula is C11H18O. The van der Waals surface area contributed by atoms with Crippen molar-refractivity contribution in [3.05, 3.63) is 24.3 Å². The van der Waals surface area contributed by atoms with E-state index in [2.05, 4.69) is 25.2 Å². The van der Waals surface area contributed by atoms with Crippen LogP contribution in [0.1, 0.15) is 33.6 Å². The molecule has 0 saturated heterocycles. The molecule has 1 nitrogen and oxygen atoms in total. The first kappa shape index (κ1) is 11.2. The van der Waals surface area contributed by atoms with Crippen LogP contribution in [0.4, 0.5) is 0 Å². The van der Waals surface area contributed by atoms with Crippen LogP contribution < -0.4 is 0 Å². The van der Waals surface area contributed by atoms with Crippen LogP contribution in [0.3, 0.4) is 0 Å². The maximum atomic E-state index is 10.6. The fourth-order valence-corrected chi connectivity index (χ4v) is 0.896. The molecule has 0 bridgehead atoms. The minimum atomic E-state index is 0.226. The van der Waals surface area contributed by atoms with Gasteiger partial charge in [-0.25, -0.2) is 0 Å². The minimum absolute atomic E-state index is 0.226. The van der Waals surface area contributed by atoms with E-state index in [9.17, 15) is 4.79 Å². The molecule has 0 aliphatic rings. The maximum absolute atomic E-state index is 10.6. The van der Waals surface area contributed by atoms with Crippen LogP contribution in [0.25, 0.3) is 0 Å². The molecule has 0 aliphatic carbocycles. The molecule has 0 heterocycles. The quantitative estimate of drug-likeness (QED) is 0.573. The highest BCUT2D eigenvalue weighted by molar-refractivity contribution is 5.76. The third-order valence-electron chi connectivity index (χ3n) is 1.61. The van der Waals surface area contributed by atoms with Crippen molar-refractivity contribution in [3.8, 4) is 0 Å². The summed E-state index contributed by atoms with van der Waals surface area (Å²) in [5.41, 5.74) is 0. The van der Waals surface area contributed by atoms with Gasteiger partial charge < -0.3 is 0 Å². The Morgan fingerprint density at radius 1 is 1.42 bits per heavy atom. The third kappa shape index (κ3) is 7.26. The van der Waals surface area contributed by atoms with Crippen molar-refractivity contribution in [1.82, 2.24) is 0 Å². The predicted octanol–water partition coefficient (Wildman–Crippen LogP) is 3.12. The lowest BCUT2D eigenvalue weighted by Gasteiger charge is -1.99. The van der Waals surface area contributed by atoms with Crippen LogP contribution in [0.5, 0.6) is 0 Å². The average Bonchev–Trinajstić information content (AvgIpc) is 2.00. The topological polar surface area (TPSA) is 17.1 Å². The molecule has 1 heteroatoms. The average molecular weight is 166 g/mol. The van der Waals surface area contributed by atoms with Crippen LogP contribution in [0, 0.1) is 5.92 Å². The summed E-state index contributed by atoms with van der Waals surface area (Å²) in [6.45, 7) is 5.78. The molecule has 0 rings (SSSR count). The second kappa shape index (κ2) is 6.84. The Hall–Kier alpha value is -0.850. The zero-order chi connectivity index (χ0) is 9.40. The Kier molecular flexibility index (Phi) is 6.35. The molecule has 0 aromatic rings. The molecule has 0 aromatic carbocycles. The third-order valence-corrected chi connectivity index (χ3v) is 1.61. The van der Waals surface area contributed by atoms with Crippen molar-refractivity contribution in [1.29, 1.82) is 0 Å². The predicted molar refractivity (Wildman–Crippen MR) is 53.0 cm³/mol. The summed E-state index contributed by atoms with van der Waals surface area (Å²) in [4.78, 5) is 10.6. The maximum Gasteiger partial charge on any atom is 0.133 e. The molecule has 0 amide bonds. The fraction of sp³-hybridized carbons (Fsp3) is 0.545. The molecule has 0 N–H and O–H groups in total. The summed E-state index contributed by atoms with van der Waals surface area (Å²) in [6, 6.07) is 0. The van der Waals surface area contributed by atoms with Crippen LogP contribution in [-0.2, 0) is 4.79 Å². The summed E-state index contributed by atoms with van der Waals surface area (Å²) in [6.07, 6.45) is 9.88. The van der Waals surface area contributed by atoms with Crippen LogP contribution in [0.15, 0.2) is 24.3 Å². The van der Waals surface area contributed by atoms with Gasteiger partial charge in [-0.3, -0.25) is 4.79 Å². The minimum Gasteiger partial charge on any atom is -0.300 e. The van der Waals surface area contributed by atoms with Gasteiger partial charge in [0.25, 0.3) is 0 Å². The number of carbonyl (C=O) groups is 1. The number of Topliss-reactive ketones (excluding diaryl/α,β-unsaturated/α-hetero) is 1. The first-order chi connectivity index (χ1) is 5.66. The van der Waals surface area contributed by atoms with E-state index in [1.165, 1.54) is 0 Å². The zero-order valence-corrected chi connectivity index (χ0v) is 8.21. The van der Waals surface area contributed by atoms with Crippen molar-refractivity contribution in [2.45, 2.75) is 33.6 Å². The van der Waals surface area contributed by atoms with Crippen LogP contribution in [-0.4, -0.2) is 5.78 Å². The smallest absolute Gasteiger partial charge is 0.133 e. The van der Waals surface area contributed by atoms with Gasteiger partial charge in [-0.2, -0.15) is 0 Å². The lowest BCUT2D eigenvalue weighted by atomic mass is 10.1. The van der Waals surface area contributed by atoms with Gasteiger partial charge in [-0.15, -0.1) is 0 Å². The highest BCUT2D eigenvalue weighted by Gasteiger charge is 1.92. The van der Waals surface area contributed by atoms with Crippen molar-refractivity contribution in [2.75, 3.05) is 0 Å². The molecule has 0 radical (unpaired) electrons. The monoisotopic (exact) mass is 166 g/mol. The first-order valence-electron chi connectivity index (χ1n) is 4.44. The van der Waals surface area contributed by atoms with E-state index >= 15 is 0 Å². The van der Waals surface area contributed by atoms with Crippen molar-refractivity contribution in [3.63, 3.8) is 0 Å². The van der Waals surface area contributed by atoms with Crippen LogP contribution >= 0.6 is 0 Å². The van der Waals surface area contributed by atoms with Gasteiger partial charge in [0, 0.05) is 6.42 Å². The highest BCUT2D eigenvalue weighted by atomic mass is 16.1. The number of hydrogen-bond donors (Lipinski definition) is 0. The Balaban J connectivity index is 3.60. The lowest BCUT2D eigenvalue weighted by molar-refractivity contribution is -0.116. The van der Waals surface area contributed by atoms with Gasteiger partial charge in [0.15, 0.2) is 0 Å². The van der Waals surface area contributed by atoms with E-state index in [1.54, 1.807) is 6.92 Å². The van der Waals surface area contributed by atoms with E-state index in [4.69, 9.17) is 0 Å². The SMILES string of the molecule is CC=CCC(C)C=CCC(C)=O. The van der Waals surface area contributed by atoms with Gasteiger partial charge in [-0.05, 0) is 26.2 Å². The Morgan fingerprint density at radius 3 is 2.58 bits per heavy atom. The fourth-order valence-electron chi connectivity index (χ4n) is 0.896. The van der Waals surface area contributed by atoms with Gasteiger partial charge in [-0.1, -0.05) is 31.2 Å². The van der Waals surface area contributed by atoms with Gasteiger partial charge in [0.1, 0.15) is 5.78 Å². The second-order valence-corrected chi connectivity index (χ2v) is 3.12. The van der Waals surface area contributed by atoms with Gasteiger partial charge in [0.2, 0.25) is 0 Å². The van der Waals surface area contributed by atoms with E-state index in [-0.39, 0.29) is 5.78 Å². The molecule has 0 aromatic heterocycles. The Bertz CT molecular complexity index is 177. The summed E-state index contributed by atoms with van der Waals surface area (Å²) in [5, 5.41) is 0. The Labute approximate surface area is 75.2 Å². The largest absolute Gasteiger partial charge is 0.300 e. The molecule has 1 unspecified atom stereocenters. The standard InChI is InChI=1S/C11H18O/c1-4-5-7-10(2)8-6-9-11(3)12/h4-6,8,10H,7,9H2,1-3H3. The van der Waals surface area contributed by atoms with Crippen molar-refractivity contribution < 1.29 is 4.79 Å². The Morgan fingerprint density at radius 2 is 2.08 bits per heavy atom. The molecule has 0 fully saturated rings. The number of carbonyl (C=O) groups excluding carboxylic acids is 1. The molecule has 0 spiro atoms. The first-order valence-corrected chi connectivity index (χ1v) is 4.44. The van der Waals surface area contributed by atoms with Gasteiger partial charge in [0.05, 0.1) is 0 Å². The van der Waals surface area contributed by atoms with Gasteiger partial charge >= 0.3 is 0 Å². The van der Waals surface area contributed by atoms with Crippen molar-refractivity contribution in [2.24, 2.45) is 5.92 Å². The summed E-state index contributed by atoms with van der Waals surface area (Å²) in [5.74, 6) is 0.769. The summed E-state index contributed by atoms with van der Waals surface area (Å²) < 4.78 is 0. The summed E-state index contributed by atoms with van der Waals surface area (Å²) >= 11 is 0. The van der Waals surface area contributed by atoms with Crippen molar-refractivity contribution >= 4 is 5.78 Å². The zero-order valence-electron chi connectivity index (χ0n) is 8.21. The molecule has 0 saturated carbocycles. The molecular weight excluding hydrogens is 148 g/mol. The molecule has 68 valence electrons. The molecule has 12 heavy (non-hydrogen) atoms. The second-order valence-electron chi connectivity index (χ2n) is 3.12. The van der Waals surface area contributed by atoms with E-state index < -0.39 is 0 Å². The lowest BCUT2D eigenvalue weighted by Crippen LogP contribution is -1.88. The summed E-state index contributed by atoms with van der Waals surface area (Å²) in [7, 11) is 0. The highest BCUT2D eigenvalue weighted by Crippen LogP contribution is 2.04. The molecule has 1 atom stereocenters. The normalized spacial score (nSPS) is 14.2. The number of ketones is 1. The van der Waals surface area contributed by atoms with Crippen LogP contribution in [0.2, 0.25) is 0 Å². The number of rotatable bonds is 5. The number of hydrogen-bond acceptors (Lipinski definition) is 1. The molecule has 0 aliphatic heterocycles. The van der Waals surface area contributed by atoms with E-state index in [0.717, 1.165) is 6.42 Å². The van der Waals surface area contributed by atoms with E-state index in [0.29, 0.717) is 12.3 Å².